The molecule has 2 nitrogen and oxygen atoms in total. The Morgan fingerprint density at radius 1 is 1.43 bits per heavy atom. The normalized spacial score (nSPS) is 10.3. The fourth-order valence-electron chi connectivity index (χ4n) is 1.28. The van der Waals surface area contributed by atoms with Gasteiger partial charge in [-0.2, -0.15) is 0 Å². The third-order valence-electron chi connectivity index (χ3n) is 2.13. The van der Waals surface area contributed by atoms with Crippen molar-refractivity contribution >= 4 is 11.6 Å². The van der Waals surface area contributed by atoms with Crippen LogP contribution >= 0.6 is 11.6 Å². The van der Waals surface area contributed by atoms with Gasteiger partial charge in [-0.1, -0.05) is 18.5 Å². The van der Waals surface area contributed by atoms with E-state index in [4.69, 9.17) is 16.3 Å². The van der Waals surface area contributed by atoms with Crippen molar-refractivity contribution in [2.45, 2.75) is 20.4 Å². The highest BCUT2D eigenvalue weighted by Crippen LogP contribution is 2.26. The monoisotopic (exact) mass is 213 g/mol. The zero-order valence-electron chi connectivity index (χ0n) is 8.86. The van der Waals surface area contributed by atoms with E-state index in [1.54, 1.807) is 7.11 Å². The second-order valence-electron chi connectivity index (χ2n) is 3.19. The van der Waals surface area contributed by atoms with Gasteiger partial charge in [-0.15, -0.1) is 0 Å². The summed E-state index contributed by atoms with van der Waals surface area (Å²) in [6, 6.07) is 3.92. The van der Waals surface area contributed by atoms with Gasteiger partial charge < -0.3 is 10.1 Å². The van der Waals surface area contributed by atoms with Crippen molar-refractivity contribution in [3.8, 4) is 5.75 Å². The summed E-state index contributed by atoms with van der Waals surface area (Å²) in [4.78, 5) is 0. The summed E-state index contributed by atoms with van der Waals surface area (Å²) in [7, 11) is 1.68. The number of hydrogen-bond donors (Lipinski definition) is 1. The first-order valence-corrected chi connectivity index (χ1v) is 5.10. The summed E-state index contributed by atoms with van der Waals surface area (Å²) in [6.45, 7) is 5.78. The summed E-state index contributed by atoms with van der Waals surface area (Å²) in [6.07, 6.45) is 0. The third kappa shape index (κ3) is 2.63. The Morgan fingerprint density at radius 2 is 2.14 bits per heavy atom. The van der Waals surface area contributed by atoms with E-state index in [1.807, 2.05) is 19.1 Å². The Morgan fingerprint density at radius 3 is 2.71 bits per heavy atom. The van der Waals surface area contributed by atoms with Crippen molar-refractivity contribution in [2.24, 2.45) is 0 Å². The highest BCUT2D eigenvalue weighted by Gasteiger charge is 2.05. The molecule has 0 aliphatic carbocycles. The average molecular weight is 214 g/mol. The Balaban J connectivity index is 2.95. The second kappa shape index (κ2) is 5.23. The first-order valence-electron chi connectivity index (χ1n) is 4.72. The van der Waals surface area contributed by atoms with E-state index >= 15 is 0 Å². The van der Waals surface area contributed by atoms with E-state index in [2.05, 4.69) is 12.2 Å². The van der Waals surface area contributed by atoms with Crippen LogP contribution in [0.1, 0.15) is 18.1 Å². The maximum atomic E-state index is 6.04. The number of ether oxygens (including phenoxy) is 1. The molecule has 0 aliphatic rings. The first-order chi connectivity index (χ1) is 6.69. The molecule has 0 bridgehead atoms. The largest absolute Gasteiger partial charge is 0.496 e. The number of methoxy groups -OCH3 is 1. The van der Waals surface area contributed by atoms with Crippen LogP contribution in [0.5, 0.6) is 5.75 Å². The van der Waals surface area contributed by atoms with Crippen LogP contribution in [-0.2, 0) is 6.54 Å². The van der Waals surface area contributed by atoms with Crippen molar-refractivity contribution in [1.29, 1.82) is 0 Å². The maximum Gasteiger partial charge on any atom is 0.123 e. The summed E-state index contributed by atoms with van der Waals surface area (Å²) in [5.41, 5.74) is 2.15. The number of benzene rings is 1. The highest BCUT2D eigenvalue weighted by molar-refractivity contribution is 6.31. The molecule has 1 rings (SSSR count). The standard InChI is InChI=1S/C11H16ClNO/c1-4-13-7-9-6-10(12)8(2)5-11(9)14-3/h5-6,13H,4,7H2,1-3H3. The van der Waals surface area contributed by atoms with Crippen LogP contribution < -0.4 is 10.1 Å². The smallest absolute Gasteiger partial charge is 0.123 e. The molecule has 0 amide bonds. The minimum Gasteiger partial charge on any atom is -0.496 e. The van der Waals surface area contributed by atoms with Crippen LogP contribution in [0.3, 0.4) is 0 Å². The van der Waals surface area contributed by atoms with Gasteiger partial charge in [0, 0.05) is 17.1 Å². The zero-order chi connectivity index (χ0) is 10.6. The van der Waals surface area contributed by atoms with Crippen LogP contribution in [-0.4, -0.2) is 13.7 Å². The molecule has 78 valence electrons. The van der Waals surface area contributed by atoms with Crippen LogP contribution in [0.25, 0.3) is 0 Å². The molecule has 3 heteroatoms. The number of rotatable bonds is 4. The molecule has 0 fully saturated rings. The second-order valence-corrected chi connectivity index (χ2v) is 3.60. The van der Waals surface area contributed by atoms with Gasteiger partial charge in [0.1, 0.15) is 5.75 Å². The molecular formula is C11H16ClNO. The van der Waals surface area contributed by atoms with Crippen molar-refractivity contribution in [1.82, 2.24) is 5.32 Å². The molecule has 0 spiro atoms. The van der Waals surface area contributed by atoms with Gasteiger partial charge in [0.15, 0.2) is 0 Å². The maximum absolute atomic E-state index is 6.04. The van der Waals surface area contributed by atoms with Crippen LogP contribution in [0.15, 0.2) is 12.1 Å². The molecule has 0 saturated heterocycles. The van der Waals surface area contributed by atoms with E-state index in [0.717, 1.165) is 35.0 Å². The molecule has 0 unspecified atom stereocenters. The molecule has 0 saturated carbocycles. The molecule has 0 aliphatic heterocycles. The number of halogens is 1. The van der Waals surface area contributed by atoms with Gasteiger partial charge in [0.25, 0.3) is 0 Å². The predicted octanol–water partition coefficient (Wildman–Crippen LogP) is 2.77. The van der Waals surface area contributed by atoms with E-state index < -0.39 is 0 Å². The Kier molecular flexibility index (Phi) is 4.23. The number of aryl methyl sites for hydroxylation is 1. The van der Waals surface area contributed by atoms with E-state index in [-0.39, 0.29) is 0 Å². The molecule has 0 atom stereocenters. The lowest BCUT2D eigenvalue weighted by Gasteiger charge is -2.11. The first kappa shape index (κ1) is 11.3. The molecule has 1 aromatic rings. The lowest BCUT2D eigenvalue weighted by atomic mass is 10.1. The summed E-state index contributed by atoms with van der Waals surface area (Å²) in [5, 5.41) is 4.04. The van der Waals surface area contributed by atoms with Crippen molar-refractivity contribution in [2.75, 3.05) is 13.7 Å². The highest BCUT2D eigenvalue weighted by atomic mass is 35.5. The van der Waals surface area contributed by atoms with E-state index in [1.165, 1.54) is 0 Å². The van der Waals surface area contributed by atoms with Crippen LogP contribution in [0.2, 0.25) is 5.02 Å². The lowest BCUT2D eigenvalue weighted by molar-refractivity contribution is 0.407. The molecule has 0 aromatic heterocycles. The fraction of sp³-hybridized carbons (Fsp3) is 0.455. The molecule has 0 heterocycles. The van der Waals surface area contributed by atoms with Gasteiger partial charge >= 0.3 is 0 Å². The van der Waals surface area contributed by atoms with Crippen molar-refractivity contribution in [3.63, 3.8) is 0 Å². The van der Waals surface area contributed by atoms with Gasteiger partial charge in [0.2, 0.25) is 0 Å². The van der Waals surface area contributed by atoms with Crippen LogP contribution in [0.4, 0.5) is 0 Å². The lowest BCUT2D eigenvalue weighted by Crippen LogP contribution is -2.12. The minimum absolute atomic E-state index is 0.790. The molecule has 1 aromatic carbocycles. The predicted molar refractivity (Wildman–Crippen MR) is 60.1 cm³/mol. The summed E-state index contributed by atoms with van der Waals surface area (Å²) in [5.74, 6) is 0.896. The number of hydrogen-bond acceptors (Lipinski definition) is 2. The van der Waals surface area contributed by atoms with Gasteiger partial charge in [-0.25, -0.2) is 0 Å². The van der Waals surface area contributed by atoms with Gasteiger partial charge in [-0.05, 0) is 31.2 Å². The van der Waals surface area contributed by atoms with Crippen molar-refractivity contribution in [3.05, 3.63) is 28.3 Å². The Labute approximate surface area is 90.2 Å². The molecule has 0 radical (unpaired) electrons. The quantitative estimate of drug-likeness (QED) is 0.831. The molecule has 1 N–H and O–H groups in total. The summed E-state index contributed by atoms with van der Waals surface area (Å²) < 4.78 is 5.28. The molecule has 14 heavy (non-hydrogen) atoms. The van der Waals surface area contributed by atoms with E-state index in [9.17, 15) is 0 Å². The minimum atomic E-state index is 0.790. The Bertz CT molecular complexity index is 312. The number of nitrogens with one attached hydrogen (secondary N) is 1. The Hall–Kier alpha value is -0.730. The SMILES string of the molecule is CCNCc1cc(Cl)c(C)cc1OC. The summed E-state index contributed by atoms with van der Waals surface area (Å²) >= 11 is 6.04. The van der Waals surface area contributed by atoms with Gasteiger partial charge in [-0.3, -0.25) is 0 Å². The van der Waals surface area contributed by atoms with E-state index in [0.29, 0.717) is 0 Å². The van der Waals surface area contributed by atoms with Gasteiger partial charge in [0.05, 0.1) is 7.11 Å². The topological polar surface area (TPSA) is 21.3 Å². The zero-order valence-corrected chi connectivity index (χ0v) is 9.61. The average Bonchev–Trinajstić information content (AvgIpc) is 2.19. The van der Waals surface area contributed by atoms with Crippen LogP contribution in [0, 0.1) is 6.92 Å². The third-order valence-corrected chi connectivity index (χ3v) is 2.53. The van der Waals surface area contributed by atoms with Crippen molar-refractivity contribution < 1.29 is 4.74 Å². The fourth-order valence-corrected chi connectivity index (χ4v) is 1.47. The molecular weight excluding hydrogens is 198 g/mol.